The molecular weight excluding hydrogens is 214 g/mol. The Bertz CT molecular complexity index is 233. The molecule has 3 N–H and O–H groups in total. The zero-order valence-corrected chi connectivity index (χ0v) is 11.2. The van der Waals surface area contributed by atoms with Crippen molar-refractivity contribution in [2.45, 2.75) is 32.6 Å². The van der Waals surface area contributed by atoms with E-state index in [0.29, 0.717) is 12.5 Å². The fourth-order valence-electron chi connectivity index (χ4n) is 2.41. The van der Waals surface area contributed by atoms with E-state index in [9.17, 15) is 4.79 Å². The summed E-state index contributed by atoms with van der Waals surface area (Å²) in [5.74, 6) is 0.908. The van der Waals surface area contributed by atoms with Crippen LogP contribution in [0, 0.1) is 11.8 Å². The second-order valence-electron chi connectivity index (χ2n) is 5.35. The summed E-state index contributed by atoms with van der Waals surface area (Å²) in [6.07, 6.45) is 4.31. The summed E-state index contributed by atoms with van der Waals surface area (Å²) < 4.78 is 0. The van der Waals surface area contributed by atoms with Crippen LogP contribution >= 0.6 is 0 Å². The minimum absolute atomic E-state index is 0.0971. The normalized spacial score (nSPS) is 23.4. The molecule has 1 aliphatic heterocycles. The first kappa shape index (κ1) is 14.5. The van der Waals surface area contributed by atoms with Gasteiger partial charge in [0.15, 0.2) is 0 Å². The second kappa shape index (κ2) is 7.67. The lowest BCUT2D eigenvalue weighted by Crippen LogP contribution is -2.40. The number of hydrogen-bond donors (Lipinski definition) is 2. The average Bonchev–Trinajstić information content (AvgIpc) is 2.33. The molecule has 4 nitrogen and oxygen atoms in total. The molecule has 1 saturated heterocycles. The van der Waals surface area contributed by atoms with Crippen LogP contribution in [0.15, 0.2) is 0 Å². The van der Waals surface area contributed by atoms with Crippen LogP contribution in [0.4, 0.5) is 0 Å². The molecule has 0 bridgehead atoms. The van der Waals surface area contributed by atoms with E-state index in [1.807, 2.05) is 6.92 Å². The van der Waals surface area contributed by atoms with E-state index >= 15 is 0 Å². The Morgan fingerprint density at radius 3 is 3.00 bits per heavy atom. The van der Waals surface area contributed by atoms with Crippen molar-refractivity contribution >= 4 is 5.91 Å². The smallest absolute Gasteiger partial charge is 0.222 e. The van der Waals surface area contributed by atoms with Crippen LogP contribution in [-0.2, 0) is 4.79 Å². The molecule has 0 saturated carbocycles. The predicted molar refractivity (Wildman–Crippen MR) is 70.7 cm³/mol. The van der Waals surface area contributed by atoms with Gasteiger partial charge in [-0.2, -0.15) is 0 Å². The van der Waals surface area contributed by atoms with E-state index in [2.05, 4.69) is 17.3 Å². The summed E-state index contributed by atoms with van der Waals surface area (Å²) in [5.41, 5.74) is 5.45. The molecule has 1 fully saturated rings. The van der Waals surface area contributed by atoms with Gasteiger partial charge in [-0.1, -0.05) is 6.92 Å². The van der Waals surface area contributed by atoms with Gasteiger partial charge in [0.05, 0.1) is 0 Å². The van der Waals surface area contributed by atoms with Gasteiger partial charge in [0.1, 0.15) is 0 Å². The molecule has 2 unspecified atom stereocenters. The minimum Gasteiger partial charge on any atom is -0.356 e. The SMILES string of the molecule is CC(CCCN)C(=O)NCC1CCCN(C)C1. The van der Waals surface area contributed by atoms with Crippen molar-refractivity contribution in [3.63, 3.8) is 0 Å². The molecule has 0 spiro atoms. The van der Waals surface area contributed by atoms with Crippen molar-refractivity contribution in [2.75, 3.05) is 33.2 Å². The highest BCUT2D eigenvalue weighted by atomic mass is 16.1. The summed E-state index contributed by atoms with van der Waals surface area (Å²) in [7, 11) is 2.15. The van der Waals surface area contributed by atoms with Crippen molar-refractivity contribution in [1.82, 2.24) is 10.2 Å². The van der Waals surface area contributed by atoms with E-state index in [1.165, 1.54) is 19.4 Å². The number of rotatable bonds is 6. The van der Waals surface area contributed by atoms with Gasteiger partial charge in [0.2, 0.25) is 5.91 Å². The van der Waals surface area contributed by atoms with Crippen LogP contribution in [-0.4, -0.2) is 44.0 Å². The van der Waals surface area contributed by atoms with E-state index in [0.717, 1.165) is 25.9 Å². The third kappa shape index (κ3) is 5.50. The Kier molecular flexibility index (Phi) is 6.52. The van der Waals surface area contributed by atoms with Crippen molar-refractivity contribution < 1.29 is 4.79 Å². The molecule has 1 aliphatic rings. The standard InChI is InChI=1S/C13H27N3O/c1-11(5-3-7-14)13(17)15-9-12-6-4-8-16(2)10-12/h11-12H,3-10,14H2,1-2H3,(H,15,17). The number of carbonyl (C=O) groups is 1. The summed E-state index contributed by atoms with van der Waals surface area (Å²) in [4.78, 5) is 14.2. The van der Waals surface area contributed by atoms with Gasteiger partial charge in [0.25, 0.3) is 0 Å². The van der Waals surface area contributed by atoms with Gasteiger partial charge in [-0.25, -0.2) is 0 Å². The Morgan fingerprint density at radius 2 is 2.35 bits per heavy atom. The van der Waals surface area contributed by atoms with Crippen molar-refractivity contribution in [3.05, 3.63) is 0 Å². The van der Waals surface area contributed by atoms with Crippen LogP contribution in [0.25, 0.3) is 0 Å². The number of nitrogens with two attached hydrogens (primary N) is 1. The highest BCUT2D eigenvalue weighted by molar-refractivity contribution is 5.78. The van der Waals surface area contributed by atoms with Crippen LogP contribution in [0.2, 0.25) is 0 Å². The first-order chi connectivity index (χ1) is 8.13. The van der Waals surface area contributed by atoms with Crippen LogP contribution < -0.4 is 11.1 Å². The fraction of sp³-hybridized carbons (Fsp3) is 0.923. The molecular formula is C13H27N3O. The lowest BCUT2D eigenvalue weighted by molar-refractivity contribution is -0.124. The van der Waals surface area contributed by atoms with Crippen molar-refractivity contribution in [2.24, 2.45) is 17.6 Å². The first-order valence-electron chi connectivity index (χ1n) is 6.79. The molecule has 0 aromatic rings. The zero-order chi connectivity index (χ0) is 12.7. The number of piperidine rings is 1. The number of likely N-dealkylation sites (tertiary alicyclic amines) is 1. The van der Waals surface area contributed by atoms with Gasteiger partial charge in [-0.15, -0.1) is 0 Å². The predicted octanol–water partition coefficient (Wildman–Crippen LogP) is 0.819. The monoisotopic (exact) mass is 241 g/mol. The molecule has 0 aromatic heterocycles. The third-order valence-corrected chi connectivity index (χ3v) is 3.58. The summed E-state index contributed by atoms with van der Waals surface area (Å²) in [6.45, 7) is 5.79. The van der Waals surface area contributed by atoms with Gasteiger partial charge in [-0.05, 0) is 51.7 Å². The highest BCUT2D eigenvalue weighted by Crippen LogP contribution is 2.14. The van der Waals surface area contributed by atoms with Crippen LogP contribution in [0.3, 0.4) is 0 Å². The van der Waals surface area contributed by atoms with Gasteiger partial charge < -0.3 is 16.0 Å². The number of nitrogens with zero attached hydrogens (tertiary/aromatic N) is 1. The maximum absolute atomic E-state index is 11.8. The maximum atomic E-state index is 11.8. The molecule has 1 amide bonds. The topological polar surface area (TPSA) is 58.4 Å². The van der Waals surface area contributed by atoms with Gasteiger partial charge in [0, 0.05) is 19.0 Å². The number of amides is 1. The Morgan fingerprint density at radius 1 is 1.59 bits per heavy atom. The average molecular weight is 241 g/mol. The lowest BCUT2D eigenvalue weighted by atomic mass is 9.98. The first-order valence-corrected chi connectivity index (χ1v) is 6.79. The van der Waals surface area contributed by atoms with Gasteiger partial charge in [-0.3, -0.25) is 4.79 Å². The number of hydrogen-bond acceptors (Lipinski definition) is 3. The van der Waals surface area contributed by atoms with E-state index in [4.69, 9.17) is 5.73 Å². The van der Waals surface area contributed by atoms with E-state index in [1.54, 1.807) is 0 Å². The maximum Gasteiger partial charge on any atom is 0.222 e. The minimum atomic E-state index is 0.0971. The van der Waals surface area contributed by atoms with Crippen molar-refractivity contribution in [3.8, 4) is 0 Å². The Hall–Kier alpha value is -0.610. The Labute approximate surface area is 105 Å². The summed E-state index contributed by atoms with van der Waals surface area (Å²) >= 11 is 0. The second-order valence-corrected chi connectivity index (χ2v) is 5.35. The molecule has 100 valence electrons. The van der Waals surface area contributed by atoms with E-state index in [-0.39, 0.29) is 11.8 Å². The van der Waals surface area contributed by atoms with Crippen LogP contribution in [0.1, 0.15) is 32.6 Å². The molecule has 1 heterocycles. The Balaban J connectivity index is 2.18. The molecule has 0 radical (unpaired) electrons. The molecule has 0 aromatic carbocycles. The van der Waals surface area contributed by atoms with E-state index < -0.39 is 0 Å². The van der Waals surface area contributed by atoms with Gasteiger partial charge >= 0.3 is 0 Å². The highest BCUT2D eigenvalue weighted by Gasteiger charge is 2.19. The largest absolute Gasteiger partial charge is 0.356 e. The number of nitrogens with one attached hydrogen (secondary N) is 1. The van der Waals surface area contributed by atoms with Crippen molar-refractivity contribution in [1.29, 1.82) is 0 Å². The van der Waals surface area contributed by atoms with Crippen LogP contribution in [0.5, 0.6) is 0 Å². The molecule has 0 aliphatic carbocycles. The fourth-order valence-corrected chi connectivity index (χ4v) is 2.41. The number of carbonyl (C=O) groups excluding carboxylic acids is 1. The summed E-state index contributed by atoms with van der Waals surface area (Å²) in [5, 5.41) is 3.08. The molecule has 4 heteroatoms. The third-order valence-electron chi connectivity index (χ3n) is 3.58. The molecule has 2 atom stereocenters. The summed E-state index contributed by atoms with van der Waals surface area (Å²) in [6, 6.07) is 0. The molecule has 17 heavy (non-hydrogen) atoms. The quantitative estimate of drug-likeness (QED) is 0.724. The molecule has 1 rings (SSSR count). The lowest BCUT2D eigenvalue weighted by Gasteiger charge is -2.30. The zero-order valence-electron chi connectivity index (χ0n) is 11.2.